The van der Waals surface area contributed by atoms with Gasteiger partial charge in [-0.2, -0.15) is 0 Å². The molecule has 0 atom stereocenters. The van der Waals surface area contributed by atoms with Gasteiger partial charge in [0.25, 0.3) is 0 Å². The highest BCUT2D eigenvalue weighted by Crippen LogP contribution is 2.42. The summed E-state index contributed by atoms with van der Waals surface area (Å²) in [6, 6.07) is 92.8. The normalized spacial score (nSPS) is 13.1. The van der Waals surface area contributed by atoms with E-state index in [-0.39, 0.29) is 20.9 Å². The molecular formula is C56H42B3N5. The summed E-state index contributed by atoms with van der Waals surface area (Å²) >= 11 is 0. The summed E-state index contributed by atoms with van der Waals surface area (Å²) in [6.07, 6.45) is 0. The highest BCUT2D eigenvalue weighted by atomic mass is 15.3. The first-order chi connectivity index (χ1) is 31.8. The Bertz CT molecular complexity index is 3270. The van der Waals surface area contributed by atoms with Crippen LogP contribution in [0.2, 0.25) is 0 Å². The Balaban J connectivity index is 1.17. The van der Waals surface area contributed by atoms with Gasteiger partial charge in [0.05, 0.1) is 22.1 Å². The maximum Gasteiger partial charge on any atom is 0.388 e. The van der Waals surface area contributed by atoms with Crippen LogP contribution < -0.4 is 30.6 Å². The molecule has 0 saturated carbocycles. The van der Waals surface area contributed by atoms with Crippen LogP contribution in [-0.4, -0.2) is 30.1 Å². The van der Waals surface area contributed by atoms with Gasteiger partial charge in [-0.15, -0.1) is 0 Å². The summed E-state index contributed by atoms with van der Waals surface area (Å²) in [5.41, 5.74) is 14.0. The number of hydrogen-bond acceptors (Lipinski definition) is 3. The van der Waals surface area contributed by atoms with Crippen molar-refractivity contribution in [3.8, 4) is 11.4 Å². The molecule has 64 heavy (non-hydrogen) atoms. The van der Waals surface area contributed by atoms with Crippen LogP contribution in [0.25, 0.3) is 44.2 Å². The van der Waals surface area contributed by atoms with Gasteiger partial charge in [0.2, 0.25) is 0 Å². The average molecular weight is 817 g/mol. The van der Waals surface area contributed by atoms with E-state index in [0.29, 0.717) is 0 Å². The SMILES string of the molecule is c1ccc(B2N(c3ccccc3)B(c3ccccc3)N(c3cccc(-n4c5ccccc5c5c4c4ccccc4n5-c4ccccc4)c3)B(c3ccccc3)N2c2ccccc2)cc1. The maximum absolute atomic E-state index is 2.66. The summed E-state index contributed by atoms with van der Waals surface area (Å²) in [6.45, 7) is -0.677. The van der Waals surface area contributed by atoms with E-state index in [0.717, 1.165) is 28.4 Å². The molecule has 1 saturated heterocycles. The monoisotopic (exact) mass is 817 g/mol. The Hall–Kier alpha value is -8.09. The van der Waals surface area contributed by atoms with Gasteiger partial charge in [0, 0.05) is 39.2 Å². The Morgan fingerprint density at radius 1 is 0.234 bits per heavy atom. The largest absolute Gasteiger partial charge is 0.416 e. The van der Waals surface area contributed by atoms with E-state index < -0.39 is 0 Å². The minimum atomic E-state index is -0.240. The van der Waals surface area contributed by atoms with Crippen LogP contribution in [0.1, 0.15) is 0 Å². The van der Waals surface area contributed by atoms with Crippen molar-refractivity contribution in [2.45, 2.75) is 0 Å². The van der Waals surface area contributed by atoms with E-state index in [1.54, 1.807) is 0 Å². The lowest BCUT2D eigenvalue weighted by Crippen LogP contribution is -2.86. The number of anilines is 3. The Morgan fingerprint density at radius 2 is 0.531 bits per heavy atom. The third-order valence-corrected chi connectivity index (χ3v) is 12.9. The molecule has 5 nitrogen and oxygen atoms in total. The predicted octanol–water partition coefficient (Wildman–Crippen LogP) is 10.7. The van der Waals surface area contributed by atoms with Gasteiger partial charge in [-0.3, -0.25) is 0 Å². The molecule has 1 aliphatic heterocycles. The van der Waals surface area contributed by atoms with Crippen molar-refractivity contribution in [1.29, 1.82) is 0 Å². The van der Waals surface area contributed by atoms with Crippen LogP contribution in [-0.2, 0) is 0 Å². The number of benzene rings is 9. The van der Waals surface area contributed by atoms with Crippen molar-refractivity contribution < 1.29 is 0 Å². The number of aromatic nitrogens is 2. The molecule has 2 aromatic heterocycles. The van der Waals surface area contributed by atoms with Gasteiger partial charge in [0.15, 0.2) is 0 Å². The molecule has 8 heteroatoms. The molecular weight excluding hydrogens is 775 g/mol. The predicted molar refractivity (Wildman–Crippen MR) is 273 cm³/mol. The first kappa shape index (κ1) is 37.7. The van der Waals surface area contributed by atoms with Gasteiger partial charge < -0.3 is 23.3 Å². The van der Waals surface area contributed by atoms with Crippen molar-refractivity contribution in [1.82, 2.24) is 9.13 Å². The highest BCUT2D eigenvalue weighted by molar-refractivity contribution is 7.14. The zero-order valence-electron chi connectivity index (χ0n) is 35.2. The molecule has 11 aromatic rings. The third kappa shape index (κ3) is 6.21. The lowest BCUT2D eigenvalue weighted by molar-refractivity contribution is 1.17. The molecule has 0 unspecified atom stereocenters. The molecule has 1 fully saturated rings. The van der Waals surface area contributed by atoms with Crippen molar-refractivity contribution >= 4 is 87.2 Å². The second-order valence-corrected chi connectivity index (χ2v) is 16.5. The maximum atomic E-state index is 2.66. The van der Waals surface area contributed by atoms with E-state index in [2.05, 4.69) is 278 Å². The standard InChI is InChI=1S/C56H42B3N5/c1-7-24-43(25-8-1)57-62(47-32-15-5-16-33-47)58(44-26-9-2-10-27-44)64(59(45-28-11-3-12-29-45)63(57)48-34-17-6-18-35-48)50-37-23-36-49(42-50)61-54-41-22-20-39-52(54)55-56(61)51-38-19-21-40-53(51)60(55)46-30-13-4-14-31-46/h1-42H. The van der Waals surface area contributed by atoms with E-state index in [9.17, 15) is 0 Å². The molecule has 1 aliphatic rings. The number of para-hydroxylation sites is 5. The summed E-state index contributed by atoms with van der Waals surface area (Å²) in [5, 5.41) is 2.42. The second kappa shape index (κ2) is 16.0. The summed E-state index contributed by atoms with van der Waals surface area (Å²) in [5.74, 6) is 0. The van der Waals surface area contributed by atoms with Crippen molar-refractivity contribution in [3.05, 3.63) is 255 Å². The van der Waals surface area contributed by atoms with Crippen LogP contribution in [0.15, 0.2) is 255 Å². The van der Waals surface area contributed by atoms with Crippen LogP contribution in [0, 0.1) is 0 Å². The summed E-state index contributed by atoms with van der Waals surface area (Å²) in [4.78, 5) is 0. The summed E-state index contributed by atoms with van der Waals surface area (Å²) < 4.78 is 12.8. The molecule has 12 rings (SSSR count). The molecule has 0 spiro atoms. The lowest BCUT2D eigenvalue weighted by atomic mass is 9.37. The first-order valence-electron chi connectivity index (χ1n) is 22.1. The van der Waals surface area contributed by atoms with Gasteiger partial charge in [0.1, 0.15) is 0 Å². The molecule has 0 aliphatic carbocycles. The smallest absolute Gasteiger partial charge is 0.388 e. The molecule has 300 valence electrons. The van der Waals surface area contributed by atoms with Crippen molar-refractivity contribution in [3.63, 3.8) is 0 Å². The quantitative estimate of drug-likeness (QED) is 0.142. The number of nitrogens with zero attached hydrogens (tertiary/aromatic N) is 5. The van der Waals surface area contributed by atoms with Gasteiger partial charge in [-0.05, 0) is 83.1 Å². The fourth-order valence-electron chi connectivity index (χ4n) is 10.3. The summed E-state index contributed by atoms with van der Waals surface area (Å²) in [7, 11) is 0. The second-order valence-electron chi connectivity index (χ2n) is 16.5. The molecule has 0 bridgehead atoms. The average Bonchev–Trinajstić information content (AvgIpc) is 3.90. The molecule has 9 aromatic carbocycles. The fraction of sp³-hybridized carbons (Fsp3) is 0. The lowest BCUT2D eigenvalue weighted by Gasteiger charge is -2.57. The number of fused-ring (bicyclic) bond motifs is 5. The van der Waals surface area contributed by atoms with E-state index in [1.165, 1.54) is 49.2 Å². The first-order valence-corrected chi connectivity index (χ1v) is 22.1. The minimum absolute atomic E-state index is 0.196. The third-order valence-electron chi connectivity index (χ3n) is 12.9. The van der Waals surface area contributed by atoms with Gasteiger partial charge in [-0.25, -0.2) is 0 Å². The minimum Gasteiger partial charge on any atom is -0.416 e. The molecule has 0 radical (unpaired) electrons. The van der Waals surface area contributed by atoms with Crippen LogP contribution in [0.4, 0.5) is 17.1 Å². The van der Waals surface area contributed by atoms with Crippen LogP contribution in [0.5, 0.6) is 0 Å². The highest BCUT2D eigenvalue weighted by Gasteiger charge is 2.55. The Kier molecular flexibility index (Phi) is 9.41. The molecule has 0 amide bonds. The van der Waals surface area contributed by atoms with E-state index >= 15 is 0 Å². The van der Waals surface area contributed by atoms with Crippen molar-refractivity contribution in [2.24, 2.45) is 0 Å². The Morgan fingerprint density at radius 3 is 0.953 bits per heavy atom. The van der Waals surface area contributed by atoms with Crippen molar-refractivity contribution in [2.75, 3.05) is 14.2 Å². The van der Waals surface area contributed by atoms with E-state index in [4.69, 9.17) is 0 Å². The van der Waals surface area contributed by atoms with Crippen LogP contribution in [0.3, 0.4) is 0 Å². The fourth-order valence-corrected chi connectivity index (χ4v) is 10.3. The zero-order valence-corrected chi connectivity index (χ0v) is 35.2. The zero-order chi connectivity index (χ0) is 42.4. The topological polar surface area (TPSA) is 19.6 Å². The number of rotatable bonds is 8. The molecule has 0 N–H and O–H groups in total. The van der Waals surface area contributed by atoms with E-state index in [1.807, 2.05) is 0 Å². The van der Waals surface area contributed by atoms with Gasteiger partial charge in [-0.1, -0.05) is 188 Å². The number of hydrogen-bond donors (Lipinski definition) is 0. The van der Waals surface area contributed by atoms with Gasteiger partial charge >= 0.3 is 20.9 Å². The van der Waals surface area contributed by atoms with Crippen LogP contribution >= 0.6 is 0 Å². The Labute approximate surface area is 375 Å². The molecule has 3 heterocycles.